The number of aliphatic hydroxyl groups is 5. The van der Waals surface area contributed by atoms with Crippen molar-refractivity contribution in [2.45, 2.75) is 288 Å². The van der Waals surface area contributed by atoms with Crippen molar-refractivity contribution in [1.82, 2.24) is 5.32 Å². The minimum atomic E-state index is -1.61. The maximum atomic E-state index is 13.3. The summed E-state index contributed by atoms with van der Waals surface area (Å²) in [5.41, 5.74) is 0. The molecular formula is C57H103NO10. The van der Waals surface area contributed by atoms with Gasteiger partial charge >= 0.3 is 5.97 Å². The number of carbonyl (C=O) groups excluding carboxylic acids is 2. The summed E-state index contributed by atoms with van der Waals surface area (Å²) in [6.07, 6.45) is 43.0. The van der Waals surface area contributed by atoms with E-state index in [4.69, 9.17) is 14.2 Å². The van der Waals surface area contributed by atoms with Crippen molar-refractivity contribution >= 4 is 11.9 Å². The smallest absolute Gasteiger partial charge is 0.306 e. The van der Waals surface area contributed by atoms with Crippen LogP contribution < -0.4 is 5.32 Å². The SMILES string of the molecule is CC/C=C/C/C=C/CCCCCCCCC(O)C(=O)NC(COC1OC(CO)C(O)C(O)C1OC(=O)CCCCCCCCC/C=C\CCCCCC)C(O)/C=C/CCCCCCCCCCC. The Hall–Kier alpha value is -2.38. The van der Waals surface area contributed by atoms with Gasteiger partial charge in [-0.1, -0.05) is 204 Å². The van der Waals surface area contributed by atoms with Gasteiger partial charge in [0.15, 0.2) is 12.4 Å². The van der Waals surface area contributed by atoms with E-state index < -0.39 is 67.4 Å². The number of hydrogen-bond acceptors (Lipinski definition) is 10. The van der Waals surface area contributed by atoms with Gasteiger partial charge in [0.05, 0.1) is 25.4 Å². The van der Waals surface area contributed by atoms with Crippen LogP contribution in [0.5, 0.6) is 0 Å². The first-order valence-electron chi connectivity index (χ1n) is 27.9. The second-order valence-electron chi connectivity index (χ2n) is 19.3. The second-order valence-corrected chi connectivity index (χ2v) is 19.3. The highest BCUT2D eigenvalue weighted by atomic mass is 16.7. The Morgan fingerprint density at radius 2 is 1.06 bits per heavy atom. The van der Waals surface area contributed by atoms with Gasteiger partial charge in [0.1, 0.15) is 24.4 Å². The number of amides is 1. The van der Waals surface area contributed by atoms with E-state index in [-0.39, 0.29) is 19.4 Å². The Balaban J connectivity index is 2.74. The van der Waals surface area contributed by atoms with Crippen LogP contribution in [-0.2, 0) is 23.8 Å². The Morgan fingerprint density at radius 1 is 0.588 bits per heavy atom. The number of esters is 1. The average molecular weight is 962 g/mol. The van der Waals surface area contributed by atoms with Crippen molar-refractivity contribution < 1.29 is 49.3 Å². The summed E-state index contributed by atoms with van der Waals surface area (Å²) in [7, 11) is 0. The molecule has 11 heteroatoms. The van der Waals surface area contributed by atoms with Crippen LogP contribution in [0.3, 0.4) is 0 Å². The van der Waals surface area contributed by atoms with Gasteiger partial charge in [-0.05, 0) is 77.0 Å². The van der Waals surface area contributed by atoms with Crippen molar-refractivity contribution in [3.63, 3.8) is 0 Å². The number of hydrogen-bond donors (Lipinski definition) is 6. The van der Waals surface area contributed by atoms with Gasteiger partial charge in [-0.25, -0.2) is 0 Å². The molecule has 0 radical (unpaired) electrons. The molecule has 1 aliphatic heterocycles. The number of carbonyl (C=O) groups is 2. The van der Waals surface area contributed by atoms with E-state index in [0.29, 0.717) is 12.8 Å². The van der Waals surface area contributed by atoms with Crippen LogP contribution in [0.2, 0.25) is 0 Å². The summed E-state index contributed by atoms with van der Waals surface area (Å²) in [5, 5.41) is 56.7. The molecule has 0 bridgehead atoms. The molecule has 0 aromatic carbocycles. The lowest BCUT2D eigenvalue weighted by Gasteiger charge is -2.41. The fourth-order valence-electron chi connectivity index (χ4n) is 8.51. The molecule has 1 amide bonds. The molecule has 8 atom stereocenters. The predicted octanol–water partition coefficient (Wildman–Crippen LogP) is 12.1. The lowest BCUT2D eigenvalue weighted by atomic mass is 9.99. The summed E-state index contributed by atoms with van der Waals surface area (Å²) in [6, 6.07) is -1.03. The summed E-state index contributed by atoms with van der Waals surface area (Å²) >= 11 is 0. The van der Waals surface area contributed by atoms with Gasteiger partial charge in [-0.15, -0.1) is 0 Å². The van der Waals surface area contributed by atoms with Gasteiger partial charge in [0, 0.05) is 6.42 Å². The largest absolute Gasteiger partial charge is 0.454 e. The zero-order valence-electron chi connectivity index (χ0n) is 43.5. The molecular weight excluding hydrogens is 859 g/mol. The van der Waals surface area contributed by atoms with Gasteiger partial charge in [-0.3, -0.25) is 9.59 Å². The first-order chi connectivity index (χ1) is 33.2. The molecule has 11 nitrogen and oxygen atoms in total. The van der Waals surface area contributed by atoms with E-state index in [1.54, 1.807) is 6.08 Å². The molecule has 0 spiro atoms. The van der Waals surface area contributed by atoms with Crippen molar-refractivity contribution in [2.75, 3.05) is 13.2 Å². The van der Waals surface area contributed by atoms with Crippen LogP contribution in [-0.4, -0.2) is 99.6 Å². The molecule has 1 fully saturated rings. The number of aliphatic hydroxyl groups excluding tert-OH is 5. The van der Waals surface area contributed by atoms with Crippen molar-refractivity contribution in [3.05, 3.63) is 48.6 Å². The van der Waals surface area contributed by atoms with Crippen LogP contribution in [0.4, 0.5) is 0 Å². The van der Waals surface area contributed by atoms with E-state index in [0.717, 1.165) is 103 Å². The molecule has 8 unspecified atom stereocenters. The molecule has 1 rings (SSSR count). The molecule has 0 aromatic rings. The lowest BCUT2D eigenvalue weighted by Crippen LogP contribution is -2.61. The van der Waals surface area contributed by atoms with E-state index in [1.807, 2.05) is 6.08 Å². The normalized spacial score (nSPS) is 20.3. The molecule has 68 heavy (non-hydrogen) atoms. The van der Waals surface area contributed by atoms with E-state index in [9.17, 15) is 35.1 Å². The topological polar surface area (TPSA) is 175 Å². The van der Waals surface area contributed by atoms with Crippen molar-refractivity contribution in [2.24, 2.45) is 0 Å². The minimum Gasteiger partial charge on any atom is -0.454 e. The third-order valence-electron chi connectivity index (χ3n) is 13.0. The first kappa shape index (κ1) is 63.6. The minimum absolute atomic E-state index is 0.118. The van der Waals surface area contributed by atoms with Gasteiger partial charge in [0.2, 0.25) is 5.91 Å². The van der Waals surface area contributed by atoms with Crippen molar-refractivity contribution in [1.29, 1.82) is 0 Å². The van der Waals surface area contributed by atoms with Gasteiger partial charge in [0.25, 0.3) is 0 Å². The predicted molar refractivity (Wildman–Crippen MR) is 278 cm³/mol. The highest BCUT2D eigenvalue weighted by Gasteiger charge is 2.47. The maximum absolute atomic E-state index is 13.3. The molecule has 6 N–H and O–H groups in total. The summed E-state index contributed by atoms with van der Waals surface area (Å²) in [6.45, 7) is 5.64. The number of rotatable bonds is 46. The third-order valence-corrected chi connectivity index (χ3v) is 13.0. The second kappa shape index (κ2) is 45.7. The third kappa shape index (κ3) is 34.0. The zero-order chi connectivity index (χ0) is 49.7. The molecule has 0 saturated carbocycles. The van der Waals surface area contributed by atoms with E-state index >= 15 is 0 Å². The number of ether oxygens (including phenoxy) is 3. The average Bonchev–Trinajstić information content (AvgIpc) is 3.33. The van der Waals surface area contributed by atoms with Crippen molar-refractivity contribution in [3.8, 4) is 0 Å². The summed E-state index contributed by atoms with van der Waals surface area (Å²) < 4.78 is 17.5. The summed E-state index contributed by atoms with van der Waals surface area (Å²) in [5.74, 6) is -1.21. The Labute approximate surface area is 415 Å². The fraction of sp³-hybridized carbons (Fsp3) is 0.825. The first-order valence-corrected chi connectivity index (χ1v) is 27.9. The fourth-order valence-corrected chi connectivity index (χ4v) is 8.51. The van der Waals surface area contributed by atoms with Gasteiger partial charge in [-0.2, -0.15) is 0 Å². The van der Waals surface area contributed by atoms with E-state index in [2.05, 4.69) is 62.5 Å². The number of nitrogens with one attached hydrogen (secondary N) is 1. The Morgan fingerprint density at radius 3 is 1.60 bits per heavy atom. The summed E-state index contributed by atoms with van der Waals surface area (Å²) in [4.78, 5) is 26.4. The lowest BCUT2D eigenvalue weighted by molar-refractivity contribution is -0.305. The zero-order valence-corrected chi connectivity index (χ0v) is 43.5. The van der Waals surface area contributed by atoms with Crippen LogP contribution >= 0.6 is 0 Å². The number of unbranched alkanes of at least 4 members (excludes halogenated alkanes) is 26. The Bertz CT molecular complexity index is 1290. The standard InChI is InChI=1S/C57H103NO10/c1-4-7-10-13-16-19-22-24-25-27-30-33-36-39-42-45-52(62)68-55-54(64)53(63)51(46-59)67-57(55)66-47-48(49(60)43-40-37-34-31-28-21-18-15-12-9-6-3)58-56(65)50(61)44-41-38-35-32-29-26-23-20-17-14-11-8-5-2/h8,11,17,19-20,22,40,43,48-51,53-55,57,59-61,63-64H,4-7,9-10,12-16,18,21,23-39,41-42,44-47H2,1-3H3,(H,58,65)/b11-8+,20-17+,22-19-,43-40+. The van der Waals surface area contributed by atoms with Crippen LogP contribution in [0, 0.1) is 0 Å². The Kier molecular flexibility index (Phi) is 42.8. The van der Waals surface area contributed by atoms with Crippen LogP contribution in [0.1, 0.15) is 239 Å². The van der Waals surface area contributed by atoms with E-state index in [1.165, 1.54) is 89.9 Å². The molecule has 1 saturated heterocycles. The molecule has 1 heterocycles. The monoisotopic (exact) mass is 962 g/mol. The number of allylic oxidation sites excluding steroid dienone is 7. The maximum Gasteiger partial charge on any atom is 0.306 e. The molecule has 396 valence electrons. The van der Waals surface area contributed by atoms with Crippen LogP contribution in [0.15, 0.2) is 48.6 Å². The quantitative estimate of drug-likeness (QED) is 0.0196. The molecule has 1 aliphatic rings. The van der Waals surface area contributed by atoms with Gasteiger partial charge < -0.3 is 45.1 Å². The molecule has 0 aliphatic carbocycles. The highest BCUT2D eigenvalue weighted by molar-refractivity contribution is 5.80. The highest BCUT2D eigenvalue weighted by Crippen LogP contribution is 2.26. The van der Waals surface area contributed by atoms with Crippen LogP contribution in [0.25, 0.3) is 0 Å². The molecule has 0 aromatic heterocycles.